The summed E-state index contributed by atoms with van der Waals surface area (Å²) in [6, 6.07) is 8.88. The Balaban J connectivity index is 0.000000791. The van der Waals surface area contributed by atoms with Gasteiger partial charge in [0.15, 0.2) is 0 Å². The minimum atomic E-state index is 0.642. The lowest BCUT2D eigenvalue weighted by molar-refractivity contribution is -0.670. The lowest BCUT2D eigenvalue weighted by Gasteiger charge is -2.09. The van der Waals surface area contributed by atoms with Crippen LogP contribution >= 0.6 is 0 Å². The van der Waals surface area contributed by atoms with Gasteiger partial charge in [0.2, 0.25) is 0 Å². The Morgan fingerprint density at radius 1 is 0.929 bits per heavy atom. The van der Waals surface area contributed by atoms with E-state index >= 15 is 0 Å². The molecule has 2 heteroatoms. The topological polar surface area (TPSA) is 43.3 Å². The van der Waals surface area contributed by atoms with Gasteiger partial charge in [-0.05, 0) is 23.0 Å². The van der Waals surface area contributed by atoms with Crippen molar-refractivity contribution in [2.45, 2.75) is 39.5 Å². The molecule has 0 spiro atoms. The van der Waals surface area contributed by atoms with Gasteiger partial charge in [-0.1, -0.05) is 52.0 Å². The predicted octanol–water partition coefficient (Wildman–Crippen LogP) is 2.75. The van der Waals surface area contributed by atoms with Crippen LogP contribution in [0.5, 0.6) is 0 Å². The average Bonchev–Trinajstić information content (AvgIpc) is 2.21. The zero-order valence-corrected chi connectivity index (χ0v) is 9.32. The molecule has 0 aliphatic carbocycles. The van der Waals surface area contributed by atoms with Crippen LogP contribution in [0.4, 0.5) is 0 Å². The maximum Gasteiger partial charge on any atom is -0.0219 e. The highest BCUT2D eigenvalue weighted by Crippen LogP contribution is 2.20. The Bertz CT molecular complexity index is 231. The van der Waals surface area contributed by atoms with E-state index in [1.807, 2.05) is 0 Å². The molecule has 0 atom stereocenters. The number of rotatable bonds is 2. The van der Waals surface area contributed by atoms with Crippen LogP contribution < -0.4 is 5.26 Å². The van der Waals surface area contributed by atoms with Crippen molar-refractivity contribution in [1.82, 2.24) is 0 Å². The predicted molar refractivity (Wildman–Crippen MR) is 57.2 cm³/mol. The number of hydrogen-bond donors (Lipinski definition) is 1. The first kappa shape index (κ1) is 13.1. The van der Waals surface area contributed by atoms with E-state index in [4.69, 9.17) is 10.5 Å². The van der Waals surface area contributed by atoms with Crippen molar-refractivity contribution in [3.05, 3.63) is 35.4 Å². The lowest BCUT2D eigenvalue weighted by Crippen LogP contribution is -1.91. The van der Waals surface area contributed by atoms with Gasteiger partial charge in [-0.2, -0.15) is 0 Å². The minimum absolute atomic E-state index is 0.642. The van der Waals surface area contributed by atoms with Gasteiger partial charge in [-0.25, -0.2) is 0 Å². The van der Waals surface area contributed by atoms with Gasteiger partial charge in [0, 0.05) is 0 Å². The van der Waals surface area contributed by atoms with Gasteiger partial charge in [0.05, 0.1) is 0 Å². The molecule has 0 radical (unpaired) electrons. The second kappa shape index (κ2) is 6.57. The van der Waals surface area contributed by atoms with Crippen molar-refractivity contribution in [1.29, 1.82) is 0 Å². The third-order valence-electron chi connectivity index (χ3n) is 2.24. The van der Waals surface area contributed by atoms with Crippen molar-refractivity contribution in [2.75, 3.05) is 0 Å². The van der Waals surface area contributed by atoms with Crippen molar-refractivity contribution < 1.29 is 10.5 Å². The Kier molecular flexibility index (Phi) is 6.17. The third-order valence-corrected chi connectivity index (χ3v) is 2.24. The smallest absolute Gasteiger partial charge is 0.0219 e. The highest BCUT2D eigenvalue weighted by Gasteiger charge is 2.02. The molecule has 0 bridgehead atoms. The van der Waals surface area contributed by atoms with Crippen molar-refractivity contribution in [3.8, 4) is 0 Å². The Labute approximate surface area is 86.1 Å². The summed E-state index contributed by atoms with van der Waals surface area (Å²) in [6.45, 7) is 8.94. The Morgan fingerprint density at radius 2 is 1.29 bits per heavy atom. The van der Waals surface area contributed by atoms with Gasteiger partial charge < -0.3 is 10.5 Å². The molecular formula is C12H19O2-. The monoisotopic (exact) mass is 195 g/mol. The van der Waals surface area contributed by atoms with Gasteiger partial charge in [-0.15, -0.1) is 0 Å². The molecule has 0 saturated heterocycles. The van der Waals surface area contributed by atoms with Crippen LogP contribution in [0, 0.1) is 0 Å². The van der Waals surface area contributed by atoms with Crippen LogP contribution in [0.2, 0.25) is 0 Å². The normalized spacial score (nSPS) is 10.0. The van der Waals surface area contributed by atoms with Gasteiger partial charge in [0.1, 0.15) is 0 Å². The molecule has 0 unspecified atom stereocenters. The molecule has 0 heterocycles. The van der Waals surface area contributed by atoms with Crippen molar-refractivity contribution >= 4 is 0 Å². The molecule has 14 heavy (non-hydrogen) atoms. The van der Waals surface area contributed by atoms with E-state index in [1.54, 1.807) is 0 Å². The summed E-state index contributed by atoms with van der Waals surface area (Å²) in [5.74, 6) is 1.28. The fourth-order valence-electron chi connectivity index (χ4n) is 1.28. The minimum Gasteiger partial charge on any atom is -0.727 e. The van der Waals surface area contributed by atoms with E-state index in [0.717, 1.165) is 0 Å². The Hall–Kier alpha value is -0.860. The Morgan fingerprint density at radius 3 is 1.57 bits per heavy atom. The number of benzene rings is 1. The van der Waals surface area contributed by atoms with Gasteiger partial charge in [-0.3, -0.25) is 0 Å². The first-order valence-electron chi connectivity index (χ1n) is 4.89. The zero-order chi connectivity index (χ0) is 11.1. The van der Waals surface area contributed by atoms with E-state index in [-0.39, 0.29) is 0 Å². The third kappa shape index (κ3) is 3.90. The lowest BCUT2D eigenvalue weighted by atomic mass is 9.96. The summed E-state index contributed by atoms with van der Waals surface area (Å²) in [5.41, 5.74) is 2.89. The molecule has 0 amide bonds. The van der Waals surface area contributed by atoms with Crippen LogP contribution in [0.1, 0.15) is 50.7 Å². The molecule has 0 aliphatic heterocycles. The summed E-state index contributed by atoms with van der Waals surface area (Å²) in [4.78, 5) is 0. The van der Waals surface area contributed by atoms with E-state index in [0.29, 0.717) is 11.8 Å². The molecule has 1 aromatic carbocycles. The van der Waals surface area contributed by atoms with E-state index < -0.39 is 0 Å². The quantitative estimate of drug-likeness (QED) is 0.582. The number of hydrogen-bond acceptors (Lipinski definition) is 2. The largest absolute Gasteiger partial charge is 0.727 e. The highest BCUT2D eigenvalue weighted by molar-refractivity contribution is 5.27. The maximum absolute atomic E-state index is 7.25. The molecule has 0 aromatic heterocycles. The first-order chi connectivity index (χ1) is 6.61. The molecule has 0 saturated carbocycles. The van der Waals surface area contributed by atoms with E-state index in [9.17, 15) is 0 Å². The first-order valence-corrected chi connectivity index (χ1v) is 4.89. The maximum atomic E-state index is 7.25. The van der Waals surface area contributed by atoms with Crippen LogP contribution in [0.25, 0.3) is 0 Å². The summed E-state index contributed by atoms with van der Waals surface area (Å²) in [6.07, 6.45) is 0. The zero-order valence-electron chi connectivity index (χ0n) is 9.32. The summed E-state index contributed by atoms with van der Waals surface area (Å²) < 4.78 is 0. The standard InChI is InChI=1S/C12H18.H2O2/c1-9(2)11-6-5-7-12(8-11)10(3)4;1-2/h5-10H,1-4H3;1-2H/p-1. The van der Waals surface area contributed by atoms with E-state index in [2.05, 4.69) is 52.0 Å². The molecule has 1 rings (SSSR count). The van der Waals surface area contributed by atoms with Crippen LogP contribution in [0.3, 0.4) is 0 Å². The average molecular weight is 195 g/mol. The second-order valence-corrected chi connectivity index (χ2v) is 3.98. The summed E-state index contributed by atoms with van der Waals surface area (Å²) >= 11 is 0. The second-order valence-electron chi connectivity index (χ2n) is 3.98. The van der Waals surface area contributed by atoms with Crippen LogP contribution in [0.15, 0.2) is 24.3 Å². The van der Waals surface area contributed by atoms with Gasteiger partial charge in [0.25, 0.3) is 0 Å². The molecular weight excluding hydrogens is 176 g/mol. The van der Waals surface area contributed by atoms with Crippen molar-refractivity contribution in [2.24, 2.45) is 0 Å². The molecule has 80 valence electrons. The van der Waals surface area contributed by atoms with E-state index in [1.165, 1.54) is 11.1 Å². The summed E-state index contributed by atoms with van der Waals surface area (Å²) in [7, 11) is 0. The molecule has 0 fully saturated rings. The van der Waals surface area contributed by atoms with Crippen molar-refractivity contribution in [3.63, 3.8) is 0 Å². The summed E-state index contributed by atoms with van der Waals surface area (Å²) in [5, 5.41) is 13.0. The fraction of sp³-hybridized carbons (Fsp3) is 0.500. The fourth-order valence-corrected chi connectivity index (χ4v) is 1.28. The highest BCUT2D eigenvalue weighted by atomic mass is 17.0. The van der Waals surface area contributed by atoms with Gasteiger partial charge >= 0.3 is 0 Å². The van der Waals surface area contributed by atoms with Crippen LogP contribution in [-0.4, -0.2) is 5.26 Å². The molecule has 1 aromatic rings. The molecule has 0 aliphatic rings. The molecule has 2 nitrogen and oxygen atoms in total. The van der Waals surface area contributed by atoms with Crippen LogP contribution in [-0.2, 0) is 0 Å². The molecule has 1 N–H and O–H groups in total. The SMILES string of the molecule is CC(C)c1cccc(C(C)C)c1.[O-]O.